The molecular weight excluding hydrogens is 406 g/mol. The molecule has 0 bridgehead atoms. The predicted octanol–water partition coefficient (Wildman–Crippen LogP) is 3.13. The fraction of sp³-hybridized carbons (Fsp3) is 0.227. The number of carbonyl (C=O) groups excluding carboxylic acids is 2. The van der Waals surface area contributed by atoms with Crippen molar-refractivity contribution in [2.24, 2.45) is 0 Å². The van der Waals surface area contributed by atoms with Gasteiger partial charge in [0.15, 0.2) is 11.6 Å². The van der Waals surface area contributed by atoms with Crippen LogP contribution in [0.15, 0.2) is 48.7 Å². The molecule has 4 rings (SSSR count). The number of fused-ring (bicyclic) bond motifs is 1. The number of ether oxygens (including phenoxy) is 1. The number of aromatic nitrogens is 2. The molecule has 2 heterocycles. The van der Waals surface area contributed by atoms with E-state index >= 15 is 0 Å². The van der Waals surface area contributed by atoms with Crippen LogP contribution in [0.25, 0.3) is 0 Å². The molecule has 1 N–H and O–H groups in total. The summed E-state index contributed by atoms with van der Waals surface area (Å²) in [7, 11) is 1.58. The molecule has 160 valence electrons. The van der Waals surface area contributed by atoms with E-state index in [2.05, 4.69) is 10.3 Å². The zero-order valence-corrected chi connectivity index (χ0v) is 16.8. The van der Waals surface area contributed by atoms with Crippen LogP contribution < -0.4 is 10.1 Å². The Labute approximate surface area is 177 Å². The lowest BCUT2D eigenvalue weighted by atomic mass is 10.2. The van der Waals surface area contributed by atoms with Crippen molar-refractivity contribution in [3.63, 3.8) is 0 Å². The van der Waals surface area contributed by atoms with Crippen molar-refractivity contribution in [1.82, 2.24) is 19.8 Å². The molecule has 0 spiro atoms. The number of carbonyl (C=O) groups is 2. The van der Waals surface area contributed by atoms with Gasteiger partial charge in [-0.1, -0.05) is 18.2 Å². The molecule has 0 saturated heterocycles. The summed E-state index contributed by atoms with van der Waals surface area (Å²) in [4.78, 5) is 31.1. The highest BCUT2D eigenvalue weighted by atomic mass is 19.2. The van der Waals surface area contributed by atoms with Gasteiger partial charge in [-0.15, -0.1) is 0 Å². The molecule has 1 aromatic heterocycles. The summed E-state index contributed by atoms with van der Waals surface area (Å²) in [6.07, 6.45) is 1.85. The number of methoxy groups -OCH3 is 1. The Morgan fingerprint density at radius 1 is 1.13 bits per heavy atom. The van der Waals surface area contributed by atoms with E-state index in [1.165, 1.54) is 21.7 Å². The van der Waals surface area contributed by atoms with Gasteiger partial charge in [0.25, 0.3) is 5.91 Å². The number of hydrogen-bond acceptors (Lipinski definition) is 4. The average molecular weight is 426 g/mol. The molecule has 0 saturated carbocycles. The zero-order chi connectivity index (χ0) is 22.0. The third-order valence-corrected chi connectivity index (χ3v) is 5.06. The van der Waals surface area contributed by atoms with Gasteiger partial charge in [0.05, 0.1) is 7.11 Å². The Hall–Kier alpha value is -3.75. The first-order valence-corrected chi connectivity index (χ1v) is 9.67. The molecule has 0 aliphatic carbocycles. The molecule has 3 aromatic rings. The van der Waals surface area contributed by atoms with Crippen molar-refractivity contribution in [3.05, 3.63) is 82.9 Å². The smallest absolute Gasteiger partial charge is 0.329 e. The van der Waals surface area contributed by atoms with Gasteiger partial charge in [-0.25, -0.2) is 18.6 Å². The summed E-state index contributed by atoms with van der Waals surface area (Å²) >= 11 is 0. The maximum atomic E-state index is 13.5. The van der Waals surface area contributed by atoms with E-state index in [1.54, 1.807) is 19.2 Å². The fourth-order valence-corrected chi connectivity index (χ4v) is 3.37. The SMILES string of the molecule is COc1ccc(CNC(=O)c2cn3c(n2)CCN(Cc2ccc(F)c(F)c2)C3=O)cc1. The van der Waals surface area contributed by atoms with E-state index < -0.39 is 17.5 Å². The largest absolute Gasteiger partial charge is 0.497 e. The first-order chi connectivity index (χ1) is 14.9. The fourth-order valence-electron chi connectivity index (χ4n) is 3.37. The molecular formula is C22H20F2N4O3. The number of rotatable bonds is 6. The second-order valence-electron chi connectivity index (χ2n) is 7.15. The average Bonchev–Trinajstić information content (AvgIpc) is 3.22. The number of nitrogens with one attached hydrogen (secondary N) is 1. The Balaban J connectivity index is 1.42. The summed E-state index contributed by atoms with van der Waals surface area (Å²) in [6.45, 7) is 0.801. The first kappa shape index (κ1) is 20.5. The van der Waals surface area contributed by atoms with Crippen molar-refractivity contribution >= 4 is 11.9 Å². The molecule has 31 heavy (non-hydrogen) atoms. The van der Waals surface area contributed by atoms with Crippen LogP contribution in [0.1, 0.15) is 27.4 Å². The molecule has 0 atom stereocenters. The second-order valence-corrected chi connectivity index (χ2v) is 7.15. The molecule has 1 aliphatic heterocycles. The van der Waals surface area contributed by atoms with E-state index in [4.69, 9.17) is 4.74 Å². The van der Waals surface area contributed by atoms with E-state index in [-0.39, 0.29) is 18.3 Å². The van der Waals surface area contributed by atoms with Crippen LogP contribution in [0, 0.1) is 11.6 Å². The molecule has 1 aliphatic rings. The number of hydrogen-bond donors (Lipinski definition) is 1. The monoisotopic (exact) mass is 426 g/mol. The Morgan fingerprint density at radius 3 is 2.58 bits per heavy atom. The summed E-state index contributed by atoms with van der Waals surface area (Å²) < 4.78 is 33.0. The Morgan fingerprint density at radius 2 is 1.87 bits per heavy atom. The highest BCUT2D eigenvalue weighted by molar-refractivity contribution is 5.93. The number of amides is 2. The third kappa shape index (κ3) is 4.40. The number of imidazole rings is 1. The molecule has 2 amide bonds. The highest BCUT2D eigenvalue weighted by Gasteiger charge is 2.27. The Kier molecular flexibility index (Phi) is 5.66. The molecule has 0 radical (unpaired) electrons. The predicted molar refractivity (Wildman–Crippen MR) is 108 cm³/mol. The summed E-state index contributed by atoms with van der Waals surface area (Å²) in [5.41, 5.74) is 1.52. The molecule has 7 nitrogen and oxygen atoms in total. The molecule has 9 heteroatoms. The van der Waals surface area contributed by atoms with Crippen LogP contribution in [0.5, 0.6) is 5.75 Å². The quantitative estimate of drug-likeness (QED) is 0.657. The second kappa shape index (κ2) is 8.55. The molecule has 0 fully saturated rings. The summed E-state index contributed by atoms with van der Waals surface area (Å²) in [5.74, 6) is -1.07. The lowest BCUT2D eigenvalue weighted by molar-refractivity contribution is 0.0946. The third-order valence-electron chi connectivity index (χ3n) is 5.06. The number of halogens is 2. The summed E-state index contributed by atoms with van der Waals surface area (Å²) in [5, 5.41) is 2.78. The lowest BCUT2D eigenvalue weighted by Gasteiger charge is -2.27. The topological polar surface area (TPSA) is 76.5 Å². The van der Waals surface area contributed by atoms with Gasteiger partial charge in [-0.05, 0) is 35.4 Å². The van der Waals surface area contributed by atoms with Gasteiger partial charge in [0, 0.05) is 32.3 Å². The van der Waals surface area contributed by atoms with Gasteiger partial charge in [-0.2, -0.15) is 0 Å². The van der Waals surface area contributed by atoms with Crippen LogP contribution in [0.3, 0.4) is 0 Å². The van der Waals surface area contributed by atoms with Gasteiger partial charge in [-0.3, -0.25) is 9.36 Å². The van der Waals surface area contributed by atoms with E-state index in [0.29, 0.717) is 30.9 Å². The van der Waals surface area contributed by atoms with Crippen molar-refractivity contribution in [2.45, 2.75) is 19.5 Å². The summed E-state index contributed by atoms with van der Waals surface area (Å²) in [6, 6.07) is 10.5. The maximum Gasteiger partial charge on any atom is 0.329 e. The Bertz CT molecular complexity index is 1130. The van der Waals surface area contributed by atoms with Crippen molar-refractivity contribution < 1.29 is 23.1 Å². The zero-order valence-electron chi connectivity index (χ0n) is 16.8. The normalized spacial score (nSPS) is 13.1. The van der Waals surface area contributed by atoms with Gasteiger partial charge in [0.1, 0.15) is 17.3 Å². The van der Waals surface area contributed by atoms with E-state index in [0.717, 1.165) is 23.4 Å². The maximum absolute atomic E-state index is 13.5. The molecule has 2 aromatic carbocycles. The minimum absolute atomic E-state index is 0.132. The van der Waals surface area contributed by atoms with E-state index in [9.17, 15) is 18.4 Å². The van der Waals surface area contributed by atoms with Crippen molar-refractivity contribution in [1.29, 1.82) is 0 Å². The van der Waals surface area contributed by atoms with Crippen LogP contribution in [0.2, 0.25) is 0 Å². The van der Waals surface area contributed by atoms with E-state index in [1.807, 2.05) is 12.1 Å². The van der Waals surface area contributed by atoms with Crippen LogP contribution in [-0.2, 0) is 19.5 Å². The standard InChI is InChI=1S/C22H20F2N4O3/c1-31-16-5-2-14(3-6-16)11-25-21(29)19-13-28-20(26-19)8-9-27(22(28)30)12-15-4-7-17(23)18(24)10-15/h2-7,10,13H,8-9,11-12H2,1H3,(H,25,29). The molecule has 0 unspecified atom stereocenters. The van der Waals surface area contributed by atoms with Gasteiger partial charge >= 0.3 is 6.03 Å². The van der Waals surface area contributed by atoms with Crippen LogP contribution in [0.4, 0.5) is 13.6 Å². The van der Waals surface area contributed by atoms with Crippen LogP contribution in [-0.4, -0.2) is 40.0 Å². The number of benzene rings is 2. The van der Waals surface area contributed by atoms with Gasteiger partial charge < -0.3 is 15.0 Å². The minimum atomic E-state index is -0.957. The highest BCUT2D eigenvalue weighted by Crippen LogP contribution is 2.18. The first-order valence-electron chi connectivity index (χ1n) is 9.67. The van der Waals surface area contributed by atoms with Crippen LogP contribution >= 0.6 is 0 Å². The number of nitrogens with zero attached hydrogens (tertiary/aromatic N) is 3. The van der Waals surface area contributed by atoms with Crippen molar-refractivity contribution in [3.8, 4) is 5.75 Å². The van der Waals surface area contributed by atoms with Crippen molar-refractivity contribution in [2.75, 3.05) is 13.7 Å². The minimum Gasteiger partial charge on any atom is -0.497 e. The van der Waals surface area contributed by atoms with Gasteiger partial charge in [0.2, 0.25) is 0 Å². The lowest BCUT2D eigenvalue weighted by Crippen LogP contribution is -2.40.